The Morgan fingerprint density at radius 1 is 1.14 bits per heavy atom. The lowest BCUT2D eigenvalue weighted by Crippen LogP contribution is -1.80. The summed E-state index contributed by atoms with van der Waals surface area (Å²) < 4.78 is 21.9. The Balaban J connectivity index is 0.000000165. The third-order valence-corrected chi connectivity index (χ3v) is 1.88. The molecule has 0 saturated carbocycles. The van der Waals surface area contributed by atoms with E-state index in [0.717, 1.165) is 13.2 Å². The van der Waals surface area contributed by atoms with E-state index in [-0.39, 0.29) is 5.82 Å². The molecule has 1 saturated heterocycles. The van der Waals surface area contributed by atoms with Gasteiger partial charge in [0.15, 0.2) is 0 Å². The van der Waals surface area contributed by atoms with E-state index in [4.69, 9.17) is 9.47 Å². The molecule has 0 aromatic heterocycles. The van der Waals surface area contributed by atoms with Gasteiger partial charge in [-0.05, 0) is 37.1 Å². The normalized spacial score (nSPS) is 14.4. The summed E-state index contributed by atoms with van der Waals surface area (Å²) in [6, 6.07) is 5.88. The third-order valence-electron chi connectivity index (χ3n) is 1.88. The van der Waals surface area contributed by atoms with Gasteiger partial charge in [0.25, 0.3) is 0 Å². The van der Waals surface area contributed by atoms with Crippen LogP contribution in [0.15, 0.2) is 24.3 Å². The topological polar surface area (TPSA) is 18.5 Å². The number of hydrogen-bond donors (Lipinski definition) is 0. The monoisotopic (exact) mass is 198 g/mol. The van der Waals surface area contributed by atoms with Crippen LogP contribution in [0.5, 0.6) is 5.75 Å². The van der Waals surface area contributed by atoms with Crippen LogP contribution in [-0.2, 0) is 4.74 Å². The number of rotatable bonds is 1. The summed E-state index contributed by atoms with van der Waals surface area (Å²) in [5.41, 5.74) is 0. The highest BCUT2D eigenvalue weighted by Gasteiger charge is 1.94. The van der Waals surface area contributed by atoms with Crippen LogP contribution in [0.25, 0.3) is 0 Å². The van der Waals surface area contributed by atoms with Crippen molar-refractivity contribution >= 4 is 0 Å². The lowest BCUT2D eigenvalue weighted by molar-refractivity contribution is 0.198. The SMILES string of the molecule is C1CCOC1.COc1ccc(F)cc1. The zero-order valence-electron chi connectivity index (χ0n) is 8.33. The minimum absolute atomic E-state index is 0.240. The van der Waals surface area contributed by atoms with Gasteiger partial charge < -0.3 is 9.47 Å². The Morgan fingerprint density at radius 2 is 1.71 bits per heavy atom. The molecule has 1 fully saturated rings. The zero-order valence-corrected chi connectivity index (χ0v) is 8.33. The van der Waals surface area contributed by atoms with Gasteiger partial charge in [0.1, 0.15) is 11.6 Å². The summed E-state index contributed by atoms with van der Waals surface area (Å²) in [4.78, 5) is 0. The Morgan fingerprint density at radius 3 is 2.07 bits per heavy atom. The molecular formula is C11H15FO2. The highest BCUT2D eigenvalue weighted by atomic mass is 19.1. The standard InChI is InChI=1S/C7H7FO.C4H8O/c1-9-7-4-2-6(8)3-5-7;1-2-4-5-3-1/h2-5H,1H3;1-4H2. The van der Waals surface area contributed by atoms with Crippen LogP contribution in [-0.4, -0.2) is 20.3 Å². The van der Waals surface area contributed by atoms with Crippen molar-refractivity contribution < 1.29 is 13.9 Å². The van der Waals surface area contributed by atoms with Gasteiger partial charge in [0.2, 0.25) is 0 Å². The highest BCUT2D eigenvalue weighted by molar-refractivity contribution is 5.21. The summed E-state index contributed by atoms with van der Waals surface area (Å²) in [7, 11) is 1.55. The Kier molecular flexibility index (Phi) is 5.00. The number of halogens is 1. The molecule has 1 aliphatic heterocycles. The third kappa shape index (κ3) is 4.23. The Bertz CT molecular complexity index is 234. The van der Waals surface area contributed by atoms with Crippen molar-refractivity contribution in [3.05, 3.63) is 30.1 Å². The molecule has 1 aliphatic rings. The lowest BCUT2D eigenvalue weighted by atomic mass is 10.3. The van der Waals surface area contributed by atoms with Crippen molar-refractivity contribution in [2.45, 2.75) is 12.8 Å². The molecule has 0 N–H and O–H groups in total. The molecule has 3 heteroatoms. The fourth-order valence-electron chi connectivity index (χ4n) is 1.08. The van der Waals surface area contributed by atoms with Crippen molar-refractivity contribution in [1.29, 1.82) is 0 Å². The molecule has 0 radical (unpaired) electrons. The maximum absolute atomic E-state index is 12.2. The van der Waals surface area contributed by atoms with E-state index >= 15 is 0 Å². The first-order valence-electron chi connectivity index (χ1n) is 4.70. The van der Waals surface area contributed by atoms with E-state index in [1.54, 1.807) is 19.2 Å². The van der Waals surface area contributed by atoms with Crippen molar-refractivity contribution in [2.75, 3.05) is 20.3 Å². The van der Waals surface area contributed by atoms with Gasteiger partial charge >= 0.3 is 0 Å². The average molecular weight is 198 g/mol. The average Bonchev–Trinajstić information content (AvgIpc) is 2.77. The molecule has 1 aromatic rings. The molecule has 78 valence electrons. The fraction of sp³-hybridized carbons (Fsp3) is 0.455. The van der Waals surface area contributed by atoms with E-state index in [2.05, 4.69) is 0 Å². The maximum Gasteiger partial charge on any atom is 0.123 e. The predicted molar refractivity (Wildman–Crippen MR) is 53.0 cm³/mol. The molecule has 0 amide bonds. The second-order valence-electron chi connectivity index (χ2n) is 2.98. The molecule has 0 bridgehead atoms. The highest BCUT2D eigenvalue weighted by Crippen LogP contribution is 2.09. The molecule has 1 aromatic carbocycles. The smallest absolute Gasteiger partial charge is 0.123 e. The van der Waals surface area contributed by atoms with Crippen LogP contribution < -0.4 is 4.74 Å². The first-order chi connectivity index (χ1) is 6.83. The van der Waals surface area contributed by atoms with Crippen LogP contribution in [0.2, 0.25) is 0 Å². The summed E-state index contributed by atoms with van der Waals surface area (Å²) in [5.74, 6) is 0.437. The van der Waals surface area contributed by atoms with Crippen molar-refractivity contribution in [2.24, 2.45) is 0 Å². The first kappa shape index (κ1) is 11.0. The summed E-state index contributed by atoms with van der Waals surface area (Å²) in [5, 5.41) is 0. The van der Waals surface area contributed by atoms with E-state index in [1.807, 2.05) is 0 Å². The van der Waals surface area contributed by atoms with Gasteiger partial charge in [-0.25, -0.2) is 4.39 Å². The molecule has 1 heterocycles. The largest absolute Gasteiger partial charge is 0.497 e. The Hall–Kier alpha value is -1.09. The molecule has 14 heavy (non-hydrogen) atoms. The van der Waals surface area contributed by atoms with Gasteiger partial charge in [0, 0.05) is 13.2 Å². The van der Waals surface area contributed by atoms with Crippen molar-refractivity contribution in [3.8, 4) is 5.75 Å². The predicted octanol–water partition coefficient (Wildman–Crippen LogP) is 2.63. The number of benzene rings is 1. The van der Waals surface area contributed by atoms with E-state index < -0.39 is 0 Å². The van der Waals surface area contributed by atoms with E-state index in [0.29, 0.717) is 5.75 Å². The van der Waals surface area contributed by atoms with E-state index in [1.165, 1.54) is 25.0 Å². The van der Waals surface area contributed by atoms with Crippen molar-refractivity contribution in [1.82, 2.24) is 0 Å². The fourth-order valence-corrected chi connectivity index (χ4v) is 1.08. The van der Waals surface area contributed by atoms with Crippen LogP contribution in [0.4, 0.5) is 4.39 Å². The quantitative estimate of drug-likeness (QED) is 0.690. The van der Waals surface area contributed by atoms with Crippen molar-refractivity contribution in [3.63, 3.8) is 0 Å². The van der Waals surface area contributed by atoms with Crippen LogP contribution >= 0.6 is 0 Å². The molecule has 0 atom stereocenters. The maximum atomic E-state index is 12.2. The lowest BCUT2D eigenvalue weighted by Gasteiger charge is -1.95. The molecule has 0 aliphatic carbocycles. The first-order valence-corrected chi connectivity index (χ1v) is 4.70. The summed E-state index contributed by atoms with van der Waals surface area (Å²) >= 11 is 0. The van der Waals surface area contributed by atoms with E-state index in [9.17, 15) is 4.39 Å². The van der Waals surface area contributed by atoms with Gasteiger partial charge in [0.05, 0.1) is 7.11 Å². The second-order valence-corrected chi connectivity index (χ2v) is 2.98. The van der Waals surface area contributed by atoms with Gasteiger partial charge in [-0.3, -0.25) is 0 Å². The number of ether oxygens (including phenoxy) is 2. The summed E-state index contributed by atoms with van der Waals surface area (Å²) in [6.07, 6.45) is 2.56. The number of hydrogen-bond acceptors (Lipinski definition) is 2. The van der Waals surface area contributed by atoms with Gasteiger partial charge in [-0.1, -0.05) is 0 Å². The van der Waals surface area contributed by atoms with Crippen LogP contribution in [0.1, 0.15) is 12.8 Å². The minimum atomic E-state index is -0.240. The molecule has 0 unspecified atom stereocenters. The van der Waals surface area contributed by atoms with Gasteiger partial charge in [-0.15, -0.1) is 0 Å². The number of methoxy groups -OCH3 is 1. The summed E-state index contributed by atoms with van der Waals surface area (Å²) in [6.45, 7) is 2.00. The van der Waals surface area contributed by atoms with Crippen LogP contribution in [0, 0.1) is 5.82 Å². The minimum Gasteiger partial charge on any atom is -0.497 e. The molecule has 0 spiro atoms. The van der Waals surface area contributed by atoms with Crippen LogP contribution in [0.3, 0.4) is 0 Å². The van der Waals surface area contributed by atoms with Gasteiger partial charge in [-0.2, -0.15) is 0 Å². The molecule has 2 nitrogen and oxygen atoms in total. The zero-order chi connectivity index (χ0) is 10.2. The molecular weight excluding hydrogens is 183 g/mol. The molecule has 2 rings (SSSR count). The Labute approximate surface area is 83.6 Å². The second kappa shape index (κ2) is 6.38.